The second kappa shape index (κ2) is 5.82. The number of hydrogen-bond donors (Lipinski definition) is 1. The van der Waals surface area contributed by atoms with Crippen molar-refractivity contribution >= 4 is 5.84 Å². The number of hydroxylamine groups is 2. The molecule has 3 heteroatoms. The fourth-order valence-corrected chi connectivity index (χ4v) is 1.57. The maximum atomic E-state index is 10.1. The lowest BCUT2D eigenvalue weighted by Gasteiger charge is -2.24. The van der Waals surface area contributed by atoms with E-state index in [-0.39, 0.29) is 12.1 Å². The molecule has 0 aliphatic heterocycles. The third-order valence-corrected chi connectivity index (χ3v) is 2.47. The maximum Gasteiger partial charge on any atom is 0.155 e. The molecule has 0 atom stereocenters. The molecule has 0 fully saturated rings. The highest BCUT2D eigenvalue weighted by atomic mass is 16.5. The topological polar surface area (TPSA) is 35.8 Å². The van der Waals surface area contributed by atoms with Crippen LogP contribution in [-0.2, 0) is 0 Å². The molecule has 1 aromatic carbocycles. The molecule has 94 valence electrons. The highest BCUT2D eigenvalue weighted by Crippen LogP contribution is 2.13. The van der Waals surface area contributed by atoms with Gasteiger partial charge in [0.25, 0.3) is 0 Å². The van der Waals surface area contributed by atoms with Crippen molar-refractivity contribution < 1.29 is 5.21 Å². The Morgan fingerprint density at radius 1 is 1.18 bits per heavy atom. The van der Waals surface area contributed by atoms with Gasteiger partial charge in [-0.15, -0.1) is 0 Å². The second-order valence-corrected chi connectivity index (χ2v) is 4.80. The molecule has 1 rings (SSSR count). The van der Waals surface area contributed by atoms with Gasteiger partial charge in [-0.05, 0) is 40.2 Å². The maximum absolute atomic E-state index is 10.1. The molecule has 0 aromatic heterocycles. The minimum absolute atomic E-state index is 0.00658. The number of nitrogens with zero attached hydrogens (tertiary/aromatic N) is 2. The van der Waals surface area contributed by atoms with Gasteiger partial charge in [-0.3, -0.25) is 10.2 Å². The van der Waals surface area contributed by atoms with Gasteiger partial charge in [0.15, 0.2) is 5.84 Å². The highest BCUT2D eigenvalue weighted by molar-refractivity contribution is 5.99. The predicted molar refractivity (Wildman–Crippen MR) is 71.6 cm³/mol. The van der Waals surface area contributed by atoms with Crippen molar-refractivity contribution in [2.24, 2.45) is 4.99 Å². The third kappa shape index (κ3) is 3.56. The summed E-state index contributed by atoms with van der Waals surface area (Å²) in [7, 11) is 0. The molecular formula is C14H22N2O. The van der Waals surface area contributed by atoms with Crippen LogP contribution < -0.4 is 0 Å². The zero-order valence-corrected chi connectivity index (χ0v) is 11.3. The van der Waals surface area contributed by atoms with E-state index in [0.29, 0.717) is 5.84 Å². The molecule has 0 radical (unpaired) electrons. The largest absolute Gasteiger partial charge is 0.287 e. The summed E-state index contributed by atoms with van der Waals surface area (Å²) >= 11 is 0. The highest BCUT2D eigenvalue weighted by Gasteiger charge is 2.16. The van der Waals surface area contributed by atoms with Gasteiger partial charge in [-0.2, -0.15) is 0 Å². The van der Waals surface area contributed by atoms with Gasteiger partial charge in [0.05, 0.1) is 6.04 Å². The summed E-state index contributed by atoms with van der Waals surface area (Å²) < 4.78 is 0. The van der Waals surface area contributed by atoms with Crippen molar-refractivity contribution in [2.75, 3.05) is 0 Å². The van der Waals surface area contributed by atoms with Crippen molar-refractivity contribution in [3.05, 3.63) is 35.4 Å². The number of aryl methyl sites for hydroxylation is 1. The summed E-state index contributed by atoms with van der Waals surface area (Å²) in [5, 5.41) is 11.4. The molecule has 0 aliphatic rings. The molecule has 17 heavy (non-hydrogen) atoms. The average Bonchev–Trinajstić information content (AvgIpc) is 2.25. The predicted octanol–water partition coefficient (Wildman–Crippen LogP) is 3.25. The smallest absolute Gasteiger partial charge is 0.155 e. The average molecular weight is 234 g/mol. The van der Waals surface area contributed by atoms with E-state index < -0.39 is 0 Å². The van der Waals surface area contributed by atoms with E-state index in [4.69, 9.17) is 0 Å². The van der Waals surface area contributed by atoms with Crippen molar-refractivity contribution in [1.82, 2.24) is 5.06 Å². The van der Waals surface area contributed by atoms with E-state index in [1.165, 1.54) is 5.06 Å². The summed E-state index contributed by atoms with van der Waals surface area (Å²) in [5.41, 5.74) is 2.10. The van der Waals surface area contributed by atoms with E-state index in [2.05, 4.69) is 4.99 Å². The molecule has 3 nitrogen and oxygen atoms in total. The lowest BCUT2D eigenvalue weighted by molar-refractivity contribution is -0.0417. The Morgan fingerprint density at radius 2 is 1.76 bits per heavy atom. The normalized spacial score (nSPS) is 12.4. The molecular weight excluding hydrogens is 212 g/mol. The summed E-state index contributed by atoms with van der Waals surface area (Å²) in [6.45, 7) is 9.92. The monoisotopic (exact) mass is 234 g/mol. The summed E-state index contributed by atoms with van der Waals surface area (Å²) in [6, 6.07) is 8.13. The minimum atomic E-state index is 0.00658. The van der Waals surface area contributed by atoms with E-state index in [9.17, 15) is 5.21 Å². The second-order valence-electron chi connectivity index (χ2n) is 4.80. The minimum Gasteiger partial charge on any atom is -0.287 e. The van der Waals surface area contributed by atoms with E-state index in [1.54, 1.807) is 0 Å². The van der Waals surface area contributed by atoms with Crippen LogP contribution in [0.1, 0.15) is 38.8 Å². The Balaban J connectivity index is 3.21. The van der Waals surface area contributed by atoms with Crippen molar-refractivity contribution in [3.63, 3.8) is 0 Å². The van der Waals surface area contributed by atoms with Gasteiger partial charge in [-0.1, -0.05) is 24.3 Å². The molecule has 0 unspecified atom stereocenters. The summed E-state index contributed by atoms with van der Waals surface area (Å²) in [5.74, 6) is 0.646. The van der Waals surface area contributed by atoms with Gasteiger partial charge in [-0.25, -0.2) is 5.06 Å². The number of rotatable bonds is 3. The zero-order chi connectivity index (χ0) is 13.0. The fraction of sp³-hybridized carbons (Fsp3) is 0.500. The standard InChI is InChI=1S/C14H22N2O/c1-10(2)15-14(16(17)11(3)4)13-9-7-6-8-12(13)5/h6-11,17H,1-5H3. The van der Waals surface area contributed by atoms with Crippen molar-refractivity contribution in [1.29, 1.82) is 0 Å². The summed E-state index contributed by atoms with van der Waals surface area (Å²) in [6.07, 6.45) is 0. The first-order chi connectivity index (χ1) is 7.93. The molecule has 0 spiro atoms. The Labute approximate surface area is 104 Å². The van der Waals surface area contributed by atoms with E-state index >= 15 is 0 Å². The zero-order valence-electron chi connectivity index (χ0n) is 11.3. The first-order valence-corrected chi connectivity index (χ1v) is 6.05. The lowest BCUT2D eigenvalue weighted by Crippen LogP contribution is -2.35. The Hall–Kier alpha value is -1.35. The molecule has 0 saturated carbocycles. The van der Waals surface area contributed by atoms with Gasteiger partial charge in [0, 0.05) is 11.6 Å². The molecule has 0 heterocycles. The molecule has 1 aromatic rings. The van der Waals surface area contributed by atoms with Crippen LogP contribution in [0.4, 0.5) is 0 Å². The van der Waals surface area contributed by atoms with Crippen LogP contribution in [0.5, 0.6) is 0 Å². The van der Waals surface area contributed by atoms with Gasteiger partial charge < -0.3 is 0 Å². The quantitative estimate of drug-likeness (QED) is 0.495. The third-order valence-electron chi connectivity index (χ3n) is 2.47. The number of benzene rings is 1. The fourth-order valence-electron chi connectivity index (χ4n) is 1.57. The van der Waals surface area contributed by atoms with Gasteiger partial charge >= 0.3 is 0 Å². The molecule has 0 aliphatic carbocycles. The van der Waals surface area contributed by atoms with Crippen molar-refractivity contribution in [2.45, 2.75) is 46.7 Å². The number of amidine groups is 1. The van der Waals surface area contributed by atoms with Crippen LogP contribution in [0.15, 0.2) is 29.3 Å². The van der Waals surface area contributed by atoms with Crippen LogP contribution in [0.25, 0.3) is 0 Å². The lowest BCUT2D eigenvalue weighted by atomic mass is 10.1. The molecule has 0 amide bonds. The van der Waals surface area contributed by atoms with Crippen molar-refractivity contribution in [3.8, 4) is 0 Å². The molecule has 0 bridgehead atoms. The summed E-state index contributed by atoms with van der Waals surface area (Å²) in [4.78, 5) is 4.52. The Morgan fingerprint density at radius 3 is 2.24 bits per heavy atom. The first-order valence-electron chi connectivity index (χ1n) is 6.05. The number of hydrogen-bond acceptors (Lipinski definition) is 2. The Bertz CT molecular complexity index is 397. The molecule has 1 N–H and O–H groups in total. The SMILES string of the molecule is Cc1ccccc1C(=NC(C)C)N(O)C(C)C. The van der Waals surface area contributed by atoms with E-state index in [0.717, 1.165) is 11.1 Å². The van der Waals surface area contributed by atoms with Crippen LogP contribution >= 0.6 is 0 Å². The van der Waals surface area contributed by atoms with E-state index in [1.807, 2.05) is 58.9 Å². The number of aliphatic imine (C=N–C) groups is 1. The van der Waals surface area contributed by atoms with Gasteiger partial charge in [0.1, 0.15) is 0 Å². The van der Waals surface area contributed by atoms with Crippen LogP contribution in [0.3, 0.4) is 0 Å². The molecule has 0 saturated heterocycles. The van der Waals surface area contributed by atoms with Crippen LogP contribution in [-0.4, -0.2) is 28.2 Å². The first kappa shape index (κ1) is 13.7. The Kier molecular flexibility index (Phi) is 4.70. The van der Waals surface area contributed by atoms with Crippen LogP contribution in [0, 0.1) is 6.92 Å². The van der Waals surface area contributed by atoms with Gasteiger partial charge in [0.2, 0.25) is 0 Å². The van der Waals surface area contributed by atoms with Crippen LogP contribution in [0.2, 0.25) is 0 Å².